The van der Waals surface area contributed by atoms with Gasteiger partial charge in [-0.3, -0.25) is 4.79 Å². The molecule has 0 bridgehead atoms. The van der Waals surface area contributed by atoms with Gasteiger partial charge in [0, 0.05) is 19.1 Å². The molecule has 2 aliphatic rings. The molecule has 10 heteroatoms. The van der Waals surface area contributed by atoms with E-state index < -0.39 is 28.8 Å². The molecule has 9 nitrogen and oxygen atoms in total. The molecule has 1 unspecified atom stereocenters. The zero-order valence-electron chi connectivity index (χ0n) is 16.7. The van der Waals surface area contributed by atoms with Crippen LogP contribution in [0.25, 0.3) is 10.9 Å². The number of hydrogen-bond acceptors (Lipinski definition) is 7. The number of rotatable bonds is 6. The van der Waals surface area contributed by atoms with Crippen LogP contribution in [-0.4, -0.2) is 47.1 Å². The number of nitrogens with zero attached hydrogens (tertiary/aromatic N) is 2. The Labute approximate surface area is 171 Å². The standard InChI is InChI=1S/C20H25FN4O5/c1-2-23-7-10-5-6-24(8-10)17-14(21)15(22)13-16(19(17)27)25(11-3-4-11)9-12(18(13)26)30-20(28)29/h9-11,23,27H,2-8,22H2,1H3,(H,28,29). The average Bonchev–Trinajstić information content (AvgIpc) is 3.44. The monoisotopic (exact) mass is 420 g/mol. The third-order valence-corrected chi connectivity index (χ3v) is 5.79. The number of nitrogen functional groups attached to an aromatic ring is 1. The van der Waals surface area contributed by atoms with Crippen molar-refractivity contribution in [1.29, 1.82) is 0 Å². The van der Waals surface area contributed by atoms with E-state index in [2.05, 4.69) is 10.1 Å². The van der Waals surface area contributed by atoms with Crippen molar-refractivity contribution in [2.45, 2.75) is 32.2 Å². The van der Waals surface area contributed by atoms with Gasteiger partial charge in [0.1, 0.15) is 5.69 Å². The third kappa shape index (κ3) is 3.41. The van der Waals surface area contributed by atoms with Crippen molar-refractivity contribution in [3.63, 3.8) is 0 Å². The van der Waals surface area contributed by atoms with E-state index in [-0.39, 0.29) is 28.4 Å². The molecule has 0 amide bonds. The van der Waals surface area contributed by atoms with Gasteiger partial charge in [-0.1, -0.05) is 6.92 Å². The highest BCUT2D eigenvalue weighted by Gasteiger charge is 2.34. The largest absolute Gasteiger partial charge is 0.511 e. The van der Waals surface area contributed by atoms with E-state index in [1.807, 2.05) is 6.92 Å². The van der Waals surface area contributed by atoms with Gasteiger partial charge in [-0.05, 0) is 38.3 Å². The molecule has 1 aliphatic carbocycles. The van der Waals surface area contributed by atoms with Crippen LogP contribution in [-0.2, 0) is 0 Å². The lowest BCUT2D eigenvalue weighted by molar-refractivity contribution is 0.143. The number of anilines is 2. The smallest absolute Gasteiger partial charge is 0.504 e. The first-order valence-electron chi connectivity index (χ1n) is 10.1. The quantitative estimate of drug-likeness (QED) is 0.318. The zero-order valence-corrected chi connectivity index (χ0v) is 16.7. The summed E-state index contributed by atoms with van der Waals surface area (Å²) in [6.45, 7) is 4.76. The number of phenols is 1. The highest BCUT2D eigenvalue weighted by Crippen LogP contribution is 2.46. The maximum absolute atomic E-state index is 15.3. The molecule has 2 fully saturated rings. The second-order valence-electron chi connectivity index (χ2n) is 7.89. The van der Waals surface area contributed by atoms with E-state index >= 15 is 4.39 Å². The molecule has 1 saturated carbocycles. The van der Waals surface area contributed by atoms with Crippen molar-refractivity contribution in [1.82, 2.24) is 9.88 Å². The molecule has 1 aromatic heterocycles. The van der Waals surface area contributed by atoms with E-state index in [0.717, 1.165) is 32.4 Å². The topological polar surface area (TPSA) is 130 Å². The maximum atomic E-state index is 15.3. The van der Waals surface area contributed by atoms with E-state index in [4.69, 9.17) is 10.8 Å². The second kappa shape index (κ2) is 7.67. The number of halogens is 1. The van der Waals surface area contributed by atoms with Gasteiger partial charge in [-0.25, -0.2) is 9.18 Å². The number of pyridine rings is 1. The molecule has 162 valence electrons. The van der Waals surface area contributed by atoms with Crippen LogP contribution in [0.2, 0.25) is 0 Å². The Morgan fingerprint density at radius 3 is 2.77 bits per heavy atom. The Hall–Kier alpha value is -3.01. The Morgan fingerprint density at radius 2 is 2.13 bits per heavy atom. The number of carbonyl (C=O) groups is 1. The maximum Gasteiger partial charge on any atom is 0.511 e. The van der Waals surface area contributed by atoms with Gasteiger partial charge in [0.15, 0.2) is 17.3 Å². The van der Waals surface area contributed by atoms with Crippen molar-refractivity contribution in [3.05, 3.63) is 22.2 Å². The number of aromatic nitrogens is 1. The number of ether oxygens (including phenoxy) is 1. The highest BCUT2D eigenvalue weighted by atomic mass is 19.1. The van der Waals surface area contributed by atoms with Crippen LogP contribution in [0.3, 0.4) is 0 Å². The van der Waals surface area contributed by atoms with Crippen molar-refractivity contribution < 1.29 is 24.1 Å². The summed E-state index contributed by atoms with van der Waals surface area (Å²) in [5.41, 5.74) is 4.84. The summed E-state index contributed by atoms with van der Waals surface area (Å²) < 4.78 is 21.5. The lowest BCUT2D eigenvalue weighted by atomic mass is 10.1. The molecule has 2 heterocycles. The molecular weight excluding hydrogens is 395 g/mol. The van der Waals surface area contributed by atoms with Crippen LogP contribution < -0.4 is 26.1 Å². The lowest BCUT2D eigenvalue weighted by Crippen LogP contribution is -2.27. The normalized spacial score (nSPS) is 18.9. The van der Waals surface area contributed by atoms with Crippen LogP contribution in [0.5, 0.6) is 11.5 Å². The number of nitrogens with two attached hydrogens (primary N) is 1. The minimum atomic E-state index is -1.66. The Kier molecular flexibility index (Phi) is 5.19. The lowest BCUT2D eigenvalue weighted by Gasteiger charge is -2.24. The third-order valence-electron chi connectivity index (χ3n) is 5.79. The number of aromatic hydroxyl groups is 1. The molecule has 0 spiro atoms. The molecule has 1 atom stereocenters. The van der Waals surface area contributed by atoms with E-state index in [0.29, 0.717) is 19.0 Å². The van der Waals surface area contributed by atoms with Crippen LogP contribution >= 0.6 is 0 Å². The fourth-order valence-corrected chi connectivity index (χ4v) is 4.20. The van der Waals surface area contributed by atoms with E-state index in [1.165, 1.54) is 6.20 Å². The van der Waals surface area contributed by atoms with Crippen LogP contribution in [0.15, 0.2) is 11.0 Å². The Balaban J connectivity index is 1.88. The molecular formula is C20H25FN4O5. The van der Waals surface area contributed by atoms with Crippen molar-refractivity contribution in [3.8, 4) is 11.5 Å². The molecule has 2 aromatic rings. The van der Waals surface area contributed by atoms with Gasteiger partial charge in [0.25, 0.3) is 0 Å². The summed E-state index contributed by atoms with van der Waals surface area (Å²) in [4.78, 5) is 25.5. The van der Waals surface area contributed by atoms with Gasteiger partial charge in [0.05, 0.1) is 22.8 Å². The number of fused-ring (bicyclic) bond motifs is 1. The Bertz CT molecular complexity index is 1070. The molecule has 1 aliphatic heterocycles. The minimum Gasteiger partial charge on any atom is -0.504 e. The predicted molar refractivity (Wildman–Crippen MR) is 110 cm³/mol. The highest BCUT2D eigenvalue weighted by molar-refractivity contribution is 6.00. The SMILES string of the molecule is CCNCC1CCN(c2c(F)c(N)c3c(=O)c(OC(=O)O)cn(C4CC4)c3c2O)C1. The number of hydrogen-bond donors (Lipinski definition) is 4. The zero-order chi connectivity index (χ0) is 21.6. The Morgan fingerprint density at radius 1 is 1.40 bits per heavy atom. The second-order valence-corrected chi connectivity index (χ2v) is 7.89. The fourth-order valence-electron chi connectivity index (χ4n) is 4.20. The van der Waals surface area contributed by atoms with Gasteiger partial charge in [-0.15, -0.1) is 0 Å². The molecule has 1 aromatic carbocycles. The number of carboxylic acid groups (broad SMARTS) is 1. The number of nitrogens with one attached hydrogen (secondary N) is 1. The predicted octanol–water partition coefficient (Wildman–Crippen LogP) is 2.26. The van der Waals surface area contributed by atoms with Crippen LogP contribution in [0.4, 0.5) is 20.6 Å². The molecule has 4 rings (SSSR count). The van der Waals surface area contributed by atoms with Crippen molar-refractivity contribution >= 4 is 28.4 Å². The number of benzene rings is 1. The summed E-state index contributed by atoms with van der Waals surface area (Å²) in [7, 11) is 0. The molecule has 30 heavy (non-hydrogen) atoms. The van der Waals surface area contributed by atoms with Gasteiger partial charge < -0.3 is 35.5 Å². The van der Waals surface area contributed by atoms with Crippen molar-refractivity contribution in [2.75, 3.05) is 36.8 Å². The van der Waals surface area contributed by atoms with E-state index in [1.54, 1.807) is 9.47 Å². The first-order chi connectivity index (χ1) is 14.3. The summed E-state index contributed by atoms with van der Waals surface area (Å²) in [5.74, 6) is -1.40. The summed E-state index contributed by atoms with van der Waals surface area (Å²) >= 11 is 0. The van der Waals surface area contributed by atoms with Gasteiger partial charge in [-0.2, -0.15) is 0 Å². The molecule has 5 N–H and O–H groups in total. The first kappa shape index (κ1) is 20.3. The van der Waals surface area contributed by atoms with Gasteiger partial charge >= 0.3 is 6.16 Å². The van der Waals surface area contributed by atoms with Crippen molar-refractivity contribution in [2.24, 2.45) is 5.92 Å². The van der Waals surface area contributed by atoms with Crippen LogP contribution in [0.1, 0.15) is 32.2 Å². The van der Waals surface area contributed by atoms with Gasteiger partial charge in [0.2, 0.25) is 5.43 Å². The summed E-state index contributed by atoms with van der Waals surface area (Å²) in [6.07, 6.45) is 2.01. The molecule has 0 radical (unpaired) electrons. The fraction of sp³-hybridized carbons (Fsp3) is 0.500. The molecule has 1 saturated heterocycles. The van der Waals surface area contributed by atoms with Crippen LogP contribution in [0, 0.1) is 11.7 Å². The van der Waals surface area contributed by atoms with E-state index in [9.17, 15) is 14.7 Å². The summed E-state index contributed by atoms with van der Waals surface area (Å²) in [5, 5.41) is 23.0. The summed E-state index contributed by atoms with van der Waals surface area (Å²) in [6, 6.07) is -0.0482. The number of phenolic OH excluding ortho intramolecular Hbond substituents is 1. The first-order valence-corrected chi connectivity index (χ1v) is 10.1. The average molecular weight is 420 g/mol. The minimum absolute atomic E-state index is 0.0142.